The van der Waals surface area contributed by atoms with Crippen molar-refractivity contribution in [1.29, 1.82) is 0 Å². The van der Waals surface area contributed by atoms with Gasteiger partial charge in [-0.05, 0) is 58.6 Å². The number of amides is 3. The van der Waals surface area contributed by atoms with Gasteiger partial charge in [-0.2, -0.15) is 0 Å². The van der Waals surface area contributed by atoms with Crippen molar-refractivity contribution >= 4 is 17.9 Å². The van der Waals surface area contributed by atoms with E-state index in [-0.39, 0.29) is 30.7 Å². The number of rotatable bonds is 15. The van der Waals surface area contributed by atoms with E-state index in [0.29, 0.717) is 17.5 Å². The molecule has 3 atom stereocenters. The molecule has 0 aromatic heterocycles. The van der Waals surface area contributed by atoms with Crippen LogP contribution < -0.4 is 10.6 Å². The van der Waals surface area contributed by atoms with E-state index in [1.54, 1.807) is 45.9 Å². The summed E-state index contributed by atoms with van der Waals surface area (Å²) in [6, 6.07) is 12.5. The number of alkyl carbamates (subject to hydrolysis) is 1. The normalized spacial score (nSPS) is 13.5. The monoisotopic (exact) mass is 581 g/mol. The van der Waals surface area contributed by atoms with Crippen molar-refractivity contribution in [1.82, 2.24) is 15.5 Å². The standard InChI is InChI=1S/C34H51N3O5/c1-8-10-11-15-22-37(29(31(39)35-25(4)17-9-2)27-21-16-18-24(3)30(27)38)32(40)28(23-26-19-13-12-14-20-26)36-33(41)42-34(5,6)7/h12-14,16,18-21,25,28-29,38H,8-11,15,17,22-23H2,1-7H3,(H,35,39)(H,36,41). The van der Waals surface area contributed by atoms with E-state index in [0.717, 1.165) is 37.7 Å². The van der Waals surface area contributed by atoms with E-state index in [4.69, 9.17) is 4.74 Å². The first-order chi connectivity index (χ1) is 19.9. The summed E-state index contributed by atoms with van der Waals surface area (Å²) in [5.74, 6) is -0.798. The smallest absolute Gasteiger partial charge is 0.408 e. The minimum absolute atomic E-state index is 0.0214. The molecule has 0 aliphatic heterocycles. The first-order valence-electron chi connectivity index (χ1n) is 15.3. The Morgan fingerprint density at radius 1 is 0.929 bits per heavy atom. The minimum Gasteiger partial charge on any atom is -0.507 e. The highest BCUT2D eigenvalue weighted by Gasteiger charge is 2.38. The largest absolute Gasteiger partial charge is 0.507 e. The molecule has 0 spiro atoms. The average Bonchev–Trinajstić information content (AvgIpc) is 2.91. The van der Waals surface area contributed by atoms with Gasteiger partial charge in [-0.25, -0.2) is 4.79 Å². The zero-order chi connectivity index (χ0) is 31.3. The Balaban J connectivity index is 2.61. The maximum absolute atomic E-state index is 14.5. The van der Waals surface area contributed by atoms with Gasteiger partial charge in [0.2, 0.25) is 11.8 Å². The Morgan fingerprint density at radius 3 is 2.24 bits per heavy atom. The topological polar surface area (TPSA) is 108 Å². The molecule has 0 heterocycles. The molecular weight excluding hydrogens is 530 g/mol. The Labute approximate surface area is 252 Å². The summed E-state index contributed by atoms with van der Waals surface area (Å²) in [6.45, 7) is 13.4. The van der Waals surface area contributed by atoms with E-state index in [1.807, 2.05) is 44.2 Å². The SMILES string of the molecule is CCCCCCN(C(=O)C(Cc1ccccc1)NC(=O)OC(C)(C)C)C(C(=O)NC(C)CCC)c1cccc(C)c1O. The average molecular weight is 582 g/mol. The molecule has 0 saturated carbocycles. The quantitative estimate of drug-likeness (QED) is 0.206. The number of aryl methyl sites for hydroxylation is 1. The maximum Gasteiger partial charge on any atom is 0.408 e. The van der Waals surface area contributed by atoms with Crippen molar-refractivity contribution < 1.29 is 24.2 Å². The van der Waals surface area contributed by atoms with Crippen LogP contribution in [0.3, 0.4) is 0 Å². The van der Waals surface area contributed by atoms with Crippen LogP contribution in [0.2, 0.25) is 0 Å². The van der Waals surface area contributed by atoms with Crippen molar-refractivity contribution in [3.05, 3.63) is 65.2 Å². The van der Waals surface area contributed by atoms with Crippen LogP contribution in [0.4, 0.5) is 4.79 Å². The molecule has 0 fully saturated rings. The lowest BCUT2D eigenvalue weighted by Gasteiger charge is -2.35. The molecule has 8 heteroatoms. The zero-order valence-corrected chi connectivity index (χ0v) is 26.5. The number of benzene rings is 2. The molecule has 2 rings (SSSR count). The van der Waals surface area contributed by atoms with Gasteiger partial charge in [0.05, 0.1) is 0 Å². The van der Waals surface area contributed by atoms with Crippen LogP contribution in [0.5, 0.6) is 5.75 Å². The summed E-state index contributed by atoms with van der Waals surface area (Å²) in [6.07, 6.45) is 4.73. The fourth-order valence-corrected chi connectivity index (χ4v) is 4.96. The predicted octanol–water partition coefficient (Wildman–Crippen LogP) is 6.59. The summed E-state index contributed by atoms with van der Waals surface area (Å²) in [5.41, 5.74) is 1.07. The fourth-order valence-electron chi connectivity index (χ4n) is 4.96. The van der Waals surface area contributed by atoms with Gasteiger partial charge in [0, 0.05) is 24.6 Å². The van der Waals surface area contributed by atoms with E-state index in [2.05, 4.69) is 17.6 Å². The number of hydrogen-bond acceptors (Lipinski definition) is 5. The number of carbonyl (C=O) groups excluding carboxylic acids is 3. The number of unbranched alkanes of at least 4 members (excludes halogenated alkanes) is 3. The van der Waals surface area contributed by atoms with E-state index >= 15 is 0 Å². The maximum atomic E-state index is 14.5. The molecule has 8 nitrogen and oxygen atoms in total. The van der Waals surface area contributed by atoms with Crippen LogP contribution >= 0.6 is 0 Å². The number of para-hydroxylation sites is 1. The van der Waals surface area contributed by atoms with Crippen LogP contribution in [0.1, 0.15) is 103 Å². The fraction of sp³-hybridized carbons (Fsp3) is 0.559. The Hall–Kier alpha value is -3.55. The van der Waals surface area contributed by atoms with Crippen molar-refractivity contribution in [3.63, 3.8) is 0 Å². The van der Waals surface area contributed by atoms with Crippen molar-refractivity contribution in [3.8, 4) is 5.75 Å². The highest BCUT2D eigenvalue weighted by molar-refractivity contribution is 5.93. The first-order valence-corrected chi connectivity index (χ1v) is 15.3. The van der Waals surface area contributed by atoms with Gasteiger partial charge in [0.15, 0.2) is 0 Å². The summed E-state index contributed by atoms with van der Waals surface area (Å²) in [5, 5.41) is 17.0. The van der Waals surface area contributed by atoms with Crippen molar-refractivity contribution in [2.45, 2.75) is 117 Å². The van der Waals surface area contributed by atoms with E-state index < -0.39 is 29.7 Å². The second-order valence-electron chi connectivity index (χ2n) is 12.1. The van der Waals surface area contributed by atoms with Gasteiger partial charge in [-0.1, -0.05) is 88.1 Å². The van der Waals surface area contributed by atoms with Gasteiger partial charge < -0.3 is 25.4 Å². The summed E-state index contributed by atoms with van der Waals surface area (Å²) in [4.78, 5) is 43.0. The third kappa shape index (κ3) is 11.0. The van der Waals surface area contributed by atoms with Crippen molar-refractivity contribution in [2.75, 3.05) is 6.54 Å². The predicted molar refractivity (Wildman–Crippen MR) is 167 cm³/mol. The zero-order valence-electron chi connectivity index (χ0n) is 26.5. The summed E-state index contributed by atoms with van der Waals surface area (Å²) < 4.78 is 5.52. The Bertz CT molecular complexity index is 1150. The van der Waals surface area contributed by atoms with Gasteiger partial charge in [-0.3, -0.25) is 9.59 Å². The molecule has 0 aliphatic rings. The molecule has 232 valence electrons. The summed E-state index contributed by atoms with van der Waals surface area (Å²) >= 11 is 0. The first kappa shape index (κ1) is 34.7. The Morgan fingerprint density at radius 2 is 1.62 bits per heavy atom. The lowest BCUT2D eigenvalue weighted by Crippen LogP contribution is -2.54. The van der Waals surface area contributed by atoms with Gasteiger partial charge in [0.25, 0.3) is 0 Å². The number of ether oxygens (including phenoxy) is 1. The van der Waals surface area contributed by atoms with E-state index in [1.165, 1.54) is 4.90 Å². The van der Waals surface area contributed by atoms with E-state index in [9.17, 15) is 19.5 Å². The molecule has 3 N–H and O–H groups in total. The second kappa shape index (κ2) is 16.8. The third-order valence-corrected chi connectivity index (χ3v) is 7.04. The molecule has 0 saturated heterocycles. The van der Waals surface area contributed by atoms with Crippen LogP contribution in [0.25, 0.3) is 0 Å². The number of hydrogen-bond donors (Lipinski definition) is 3. The number of phenols is 1. The van der Waals surface area contributed by atoms with Crippen molar-refractivity contribution in [2.24, 2.45) is 0 Å². The highest BCUT2D eigenvalue weighted by Crippen LogP contribution is 2.33. The molecule has 0 radical (unpaired) electrons. The summed E-state index contributed by atoms with van der Waals surface area (Å²) in [7, 11) is 0. The number of carbonyl (C=O) groups is 3. The molecule has 0 aliphatic carbocycles. The molecular formula is C34H51N3O5. The van der Waals surface area contributed by atoms with Gasteiger partial charge in [-0.15, -0.1) is 0 Å². The molecule has 2 aromatic carbocycles. The third-order valence-electron chi connectivity index (χ3n) is 7.04. The number of aromatic hydroxyl groups is 1. The minimum atomic E-state index is -1.09. The lowest BCUT2D eigenvalue weighted by molar-refractivity contribution is -0.143. The Kier molecular flexibility index (Phi) is 13.8. The highest BCUT2D eigenvalue weighted by atomic mass is 16.6. The molecule has 3 unspecified atom stereocenters. The van der Waals surface area contributed by atoms with Crippen LogP contribution in [0.15, 0.2) is 48.5 Å². The molecule has 2 aromatic rings. The molecule has 42 heavy (non-hydrogen) atoms. The van der Waals surface area contributed by atoms with Crippen LogP contribution in [0, 0.1) is 6.92 Å². The molecule has 3 amide bonds. The van der Waals surface area contributed by atoms with Gasteiger partial charge in [0.1, 0.15) is 23.4 Å². The second-order valence-corrected chi connectivity index (χ2v) is 12.1. The van der Waals surface area contributed by atoms with Crippen LogP contribution in [-0.4, -0.2) is 52.1 Å². The van der Waals surface area contributed by atoms with Gasteiger partial charge >= 0.3 is 6.09 Å². The number of nitrogens with one attached hydrogen (secondary N) is 2. The lowest BCUT2D eigenvalue weighted by atomic mass is 9.97. The number of nitrogens with zero attached hydrogens (tertiary/aromatic N) is 1. The number of phenolic OH excluding ortho intramolecular Hbond substituents is 1. The molecule has 0 bridgehead atoms. The van der Waals surface area contributed by atoms with Crippen LogP contribution in [-0.2, 0) is 20.7 Å².